The molecule has 1 N–H and O–H groups in total. The van der Waals surface area contributed by atoms with Crippen molar-refractivity contribution < 1.29 is 62.6 Å². The largest absolute Gasteiger partial charge is 0.481 e. The number of sulfone groups is 1. The van der Waals surface area contributed by atoms with Gasteiger partial charge in [0.05, 0.1) is 16.9 Å². The van der Waals surface area contributed by atoms with E-state index in [1.165, 1.54) is 0 Å². The fourth-order valence-corrected chi connectivity index (χ4v) is 9.51. The fourth-order valence-electron chi connectivity index (χ4n) is 7.11. The van der Waals surface area contributed by atoms with Crippen molar-refractivity contribution in [1.82, 2.24) is 4.90 Å². The van der Waals surface area contributed by atoms with E-state index in [0.29, 0.717) is 18.2 Å². The summed E-state index contributed by atoms with van der Waals surface area (Å²) in [6, 6.07) is 3.47. The number of carboxylic acids is 1. The first kappa shape index (κ1) is 33.1. The second-order valence-electron chi connectivity index (χ2n) is 11.8. The molecule has 6 nitrogen and oxygen atoms in total. The number of carbonyl (C=O) groups excluding carboxylic acids is 1. The van der Waals surface area contributed by atoms with Crippen LogP contribution < -0.4 is 0 Å². The molecular formula is C29H26F9NO5S. The molecule has 0 aromatic heterocycles. The summed E-state index contributed by atoms with van der Waals surface area (Å²) >= 11 is 0. The minimum absolute atomic E-state index is 0.169. The summed E-state index contributed by atoms with van der Waals surface area (Å²) in [7, 11) is -4.81. The summed E-state index contributed by atoms with van der Waals surface area (Å²) in [5.74, 6) is -4.15. The standard InChI is InChI=1S/C29H26F9NO5S/c30-19-2-1-3-20(15-19)45(43,44)26-12-13-39(24(42)25(31)10-8-16(9-11-25)23(40)41)22(26)7-4-17-14-18(5-6-21(17)26)27(32,28(33,34)35)29(36,37)38/h1-3,5-6,14-16,22H,4,7-13H2,(H,40,41). The van der Waals surface area contributed by atoms with E-state index in [0.717, 1.165) is 23.1 Å². The van der Waals surface area contributed by atoms with Gasteiger partial charge >= 0.3 is 24.0 Å². The van der Waals surface area contributed by atoms with Gasteiger partial charge in [-0.15, -0.1) is 0 Å². The van der Waals surface area contributed by atoms with Gasteiger partial charge in [0.15, 0.2) is 15.5 Å². The maximum Gasteiger partial charge on any atom is 0.435 e. The Hall–Kier alpha value is -3.30. The van der Waals surface area contributed by atoms with Crippen LogP contribution in [-0.4, -0.2) is 60.9 Å². The van der Waals surface area contributed by atoms with Crippen molar-refractivity contribution in [1.29, 1.82) is 0 Å². The predicted molar refractivity (Wildman–Crippen MR) is 138 cm³/mol. The quantitative estimate of drug-likeness (QED) is 0.376. The van der Waals surface area contributed by atoms with Crippen LogP contribution in [0.3, 0.4) is 0 Å². The Kier molecular flexibility index (Phi) is 7.81. The fraction of sp³-hybridized carbons (Fsp3) is 0.517. The number of aryl methyl sites for hydroxylation is 1. The third-order valence-corrected chi connectivity index (χ3v) is 12.0. The Morgan fingerprint density at radius 1 is 0.889 bits per heavy atom. The summed E-state index contributed by atoms with van der Waals surface area (Å²) in [6.45, 7) is -0.397. The van der Waals surface area contributed by atoms with Gasteiger partial charge in [-0.3, -0.25) is 9.59 Å². The molecule has 2 atom stereocenters. The zero-order valence-corrected chi connectivity index (χ0v) is 24.0. The van der Waals surface area contributed by atoms with Crippen molar-refractivity contribution in [3.63, 3.8) is 0 Å². The van der Waals surface area contributed by atoms with Crippen LogP contribution in [0.2, 0.25) is 0 Å². The van der Waals surface area contributed by atoms with E-state index in [9.17, 15) is 58.2 Å². The lowest BCUT2D eigenvalue weighted by Crippen LogP contribution is -2.56. The molecule has 2 fully saturated rings. The highest BCUT2D eigenvalue weighted by molar-refractivity contribution is 7.92. The van der Waals surface area contributed by atoms with Gasteiger partial charge in [-0.2, -0.15) is 26.3 Å². The third-order valence-electron chi connectivity index (χ3n) is 9.42. The Labute approximate surface area is 251 Å². The van der Waals surface area contributed by atoms with Gasteiger partial charge in [0, 0.05) is 12.1 Å². The van der Waals surface area contributed by atoms with Crippen LogP contribution in [-0.2, 0) is 36.3 Å². The monoisotopic (exact) mass is 671 g/mol. The number of carbonyl (C=O) groups is 2. The number of hydrogen-bond acceptors (Lipinski definition) is 4. The van der Waals surface area contributed by atoms with Gasteiger partial charge in [-0.25, -0.2) is 21.6 Å². The zero-order valence-electron chi connectivity index (χ0n) is 23.2. The van der Waals surface area contributed by atoms with E-state index < -0.39 is 111 Å². The van der Waals surface area contributed by atoms with E-state index in [4.69, 9.17) is 0 Å². The molecule has 2 aliphatic carbocycles. The van der Waals surface area contributed by atoms with Crippen molar-refractivity contribution in [2.75, 3.05) is 6.54 Å². The minimum atomic E-state index is -6.42. The van der Waals surface area contributed by atoms with E-state index in [1.54, 1.807) is 0 Å². The first-order valence-corrected chi connectivity index (χ1v) is 15.4. The van der Waals surface area contributed by atoms with Crippen LogP contribution in [0.4, 0.5) is 39.5 Å². The van der Waals surface area contributed by atoms with Crippen LogP contribution in [0.25, 0.3) is 0 Å². The van der Waals surface area contributed by atoms with Crippen LogP contribution in [0, 0.1) is 11.7 Å². The second kappa shape index (κ2) is 10.6. The van der Waals surface area contributed by atoms with Crippen molar-refractivity contribution in [3.8, 4) is 0 Å². The second-order valence-corrected chi connectivity index (χ2v) is 14.0. The molecule has 0 bridgehead atoms. The van der Waals surface area contributed by atoms with Gasteiger partial charge in [-0.05, 0) is 74.3 Å². The van der Waals surface area contributed by atoms with E-state index >= 15 is 4.39 Å². The van der Waals surface area contributed by atoms with Gasteiger partial charge < -0.3 is 10.0 Å². The number of rotatable bonds is 5. The number of carboxylic acid groups (broad SMARTS) is 1. The summed E-state index contributed by atoms with van der Waals surface area (Å²) in [5, 5.41) is 9.26. The molecule has 1 aliphatic heterocycles. The molecule has 2 aromatic rings. The molecule has 16 heteroatoms. The number of nitrogens with zero attached hydrogens (tertiary/aromatic N) is 1. The maximum atomic E-state index is 16.1. The molecule has 1 saturated carbocycles. The average Bonchev–Trinajstić information content (AvgIpc) is 3.36. The lowest BCUT2D eigenvalue weighted by molar-refractivity contribution is -0.348. The molecule has 0 spiro atoms. The number of aliphatic carboxylic acids is 1. The summed E-state index contributed by atoms with van der Waals surface area (Å²) in [4.78, 5) is 25.4. The van der Waals surface area contributed by atoms with E-state index in [1.807, 2.05) is 0 Å². The SMILES string of the molecule is O=C(O)C1CCC(F)(C(=O)N2CCC3(S(=O)(=O)c4cccc(F)c4)c4ccc(C(F)(C(F)(F)F)C(F)(F)F)cc4CCC23)CC1. The summed E-state index contributed by atoms with van der Waals surface area (Å²) < 4.78 is 153. The van der Waals surface area contributed by atoms with Crippen molar-refractivity contribution in [2.24, 2.45) is 5.92 Å². The van der Waals surface area contributed by atoms with Gasteiger partial charge in [0.1, 0.15) is 10.6 Å². The average molecular weight is 672 g/mol. The smallest absolute Gasteiger partial charge is 0.435 e. The molecule has 1 heterocycles. The first-order chi connectivity index (χ1) is 20.7. The van der Waals surface area contributed by atoms with Crippen molar-refractivity contribution in [3.05, 3.63) is 65.0 Å². The number of halogens is 9. The molecule has 246 valence electrons. The molecule has 0 radical (unpaired) electrons. The Morgan fingerprint density at radius 2 is 1.51 bits per heavy atom. The minimum Gasteiger partial charge on any atom is -0.481 e. The Morgan fingerprint density at radius 3 is 2.07 bits per heavy atom. The number of hydrogen-bond donors (Lipinski definition) is 1. The number of likely N-dealkylation sites (tertiary alicyclic amines) is 1. The Bertz CT molecular complexity index is 1620. The highest BCUT2D eigenvalue weighted by atomic mass is 32.2. The number of benzene rings is 2. The molecule has 1 saturated heterocycles. The van der Waals surface area contributed by atoms with E-state index in [-0.39, 0.29) is 36.5 Å². The topological polar surface area (TPSA) is 91.8 Å². The Balaban J connectivity index is 1.65. The van der Waals surface area contributed by atoms with Gasteiger partial charge in [0.2, 0.25) is 0 Å². The normalized spacial score (nSPS) is 27.5. The van der Waals surface area contributed by atoms with Crippen LogP contribution in [0.15, 0.2) is 47.4 Å². The molecule has 5 rings (SSSR count). The number of alkyl halides is 8. The molecule has 3 aliphatic rings. The molecule has 45 heavy (non-hydrogen) atoms. The molecule has 1 amide bonds. The van der Waals surface area contributed by atoms with Crippen LogP contribution in [0.5, 0.6) is 0 Å². The van der Waals surface area contributed by atoms with Gasteiger partial charge in [-0.1, -0.05) is 24.3 Å². The third kappa shape index (κ3) is 4.89. The first-order valence-electron chi connectivity index (χ1n) is 13.9. The summed E-state index contributed by atoms with van der Waals surface area (Å²) in [6.07, 6.45) is -15.4. The number of fused-ring (bicyclic) bond motifs is 3. The zero-order chi connectivity index (χ0) is 33.4. The van der Waals surface area contributed by atoms with Crippen molar-refractivity contribution in [2.45, 2.75) is 84.3 Å². The lowest BCUT2D eigenvalue weighted by Gasteiger charge is -2.44. The highest BCUT2D eigenvalue weighted by Crippen LogP contribution is 2.57. The lowest BCUT2D eigenvalue weighted by atomic mass is 9.76. The molecule has 2 unspecified atom stereocenters. The number of amides is 1. The molecule has 2 aromatic carbocycles. The van der Waals surface area contributed by atoms with E-state index in [2.05, 4.69) is 0 Å². The predicted octanol–water partition coefficient (Wildman–Crippen LogP) is 6.31. The molecular weight excluding hydrogens is 645 g/mol. The van der Waals surface area contributed by atoms with Crippen LogP contribution >= 0.6 is 0 Å². The van der Waals surface area contributed by atoms with Crippen LogP contribution in [0.1, 0.15) is 55.2 Å². The maximum absolute atomic E-state index is 16.1. The highest BCUT2D eigenvalue weighted by Gasteiger charge is 2.74. The summed E-state index contributed by atoms with van der Waals surface area (Å²) in [5.41, 5.74) is -10.8. The van der Waals surface area contributed by atoms with Gasteiger partial charge in [0.25, 0.3) is 5.91 Å². The van der Waals surface area contributed by atoms with Crippen molar-refractivity contribution >= 4 is 21.7 Å².